The molecule has 3 rings (SSSR count). The molecule has 0 saturated carbocycles. The second kappa shape index (κ2) is 10.5. The third kappa shape index (κ3) is 5.98. The van der Waals surface area contributed by atoms with E-state index in [4.69, 9.17) is 11.6 Å². The standard InChI is InChI=1S/C23H30ClN2O2S/c1-17-13-15-26(16-14-17)23(27)21(12-11-19-8-4-5-9-20(19)24)25-29(28)22-10-6-3-7-18(22)2/h3-10,17,21,25,28H,11-16H2,1-2H3/q+1. The number of aryl methyl sites for hydroxylation is 2. The lowest BCUT2D eigenvalue weighted by Gasteiger charge is -2.32. The number of likely N-dealkylation sites (tertiary alicyclic amines) is 1. The van der Waals surface area contributed by atoms with E-state index in [-0.39, 0.29) is 5.91 Å². The van der Waals surface area contributed by atoms with E-state index in [0.29, 0.717) is 23.8 Å². The van der Waals surface area contributed by atoms with Gasteiger partial charge >= 0.3 is 0 Å². The molecule has 1 heterocycles. The van der Waals surface area contributed by atoms with Crippen LogP contribution in [0.15, 0.2) is 53.4 Å². The van der Waals surface area contributed by atoms with Gasteiger partial charge in [0.15, 0.2) is 0 Å². The lowest BCUT2D eigenvalue weighted by atomic mass is 9.98. The average molecular weight is 434 g/mol. The van der Waals surface area contributed by atoms with Crippen LogP contribution in [-0.4, -0.2) is 34.5 Å². The fourth-order valence-corrected chi connectivity index (χ4v) is 5.08. The quantitative estimate of drug-likeness (QED) is 0.613. The highest BCUT2D eigenvalue weighted by Gasteiger charge is 2.34. The number of carbonyl (C=O) groups excluding carboxylic acids is 1. The predicted octanol–water partition coefficient (Wildman–Crippen LogP) is 4.86. The summed E-state index contributed by atoms with van der Waals surface area (Å²) in [5, 5.41) is 0.715. The third-order valence-corrected chi connectivity index (χ3v) is 7.36. The first kappa shape index (κ1) is 22.2. The number of rotatable bonds is 7. The number of hydrogen-bond donors (Lipinski definition) is 2. The SMILES string of the molecule is Cc1ccccc1[S+](O)NC(CCc1ccccc1Cl)C(=O)N1CCC(C)CC1. The van der Waals surface area contributed by atoms with E-state index in [0.717, 1.165) is 42.0 Å². The lowest BCUT2D eigenvalue weighted by Crippen LogP contribution is -2.50. The minimum atomic E-state index is -1.20. The molecule has 1 saturated heterocycles. The zero-order valence-corrected chi connectivity index (χ0v) is 18.7. The zero-order chi connectivity index (χ0) is 20.8. The van der Waals surface area contributed by atoms with E-state index in [1.807, 2.05) is 60.4 Å². The Balaban J connectivity index is 1.74. The Labute approximate surface area is 182 Å². The van der Waals surface area contributed by atoms with Crippen molar-refractivity contribution in [2.24, 2.45) is 5.92 Å². The zero-order valence-electron chi connectivity index (χ0n) is 17.1. The monoisotopic (exact) mass is 433 g/mol. The van der Waals surface area contributed by atoms with Gasteiger partial charge in [-0.05, 0) is 56.2 Å². The topological polar surface area (TPSA) is 52.6 Å². The van der Waals surface area contributed by atoms with Gasteiger partial charge in [0.1, 0.15) is 6.04 Å². The first-order chi connectivity index (χ1) is 14.0. The van der Waals surface area contributed by atoms with Crippen molar-refractivity contribution in [3.8, 4) is 0 Å². The first-order valence-electron chi connectivity index (χ1n) is 10.2. The van der Waals surface area contributed by atoms with Crippen LogP contribution in [0.1, 0.15) is 37.3 Å². The van der Waals surface area contributed by atoms with E-state index in [2.05, 4.69) is 11.6 Å². The number of nitrogens with zero attached hydrogens (tertiary/aromatic N) is 1. The molecule has 0 radical (unpaired) electrons. The number of hydrogen-bond acceptors (Lipinski definition) is 3. The molecule has 1 aliphatic rings. The molecule has 0 aliphatic carbocycles. The van der Waals surface area contributed by atoms with Gasteiger partial charge in [-0.3, -0.25) is 4.79 Å². The van der Waals surface area contributed by atoms with E-state index in [9.17, 15) is 9.35 Å². The molecule has 4 nitrogen and oxygen atoms in total. The summed E-state index contributed by atoms with van der Waals surface area (Å²) in [5.74, 6) is 0.733. The van der Waals surface area contributed by atoms with E-state index < -0.39 is 17.4 Å². The Morgan fingerprint density at radius 2 is 1.86 bits per heavy atom. The summed E-state index contributed by atoms with van der Waals surface area (Å²) in [6.45, 7) is 5.78. The maximum atomic E-state index is 13.3. The van der Waals surface area contributed by atoms with Crippen LogP contribution in [0.3, 0.4) is 0 Å². The molecule has 2 aromatic carbocycles. The Morgan fingerprint density at radius 1 is 1.21 bits per heavy atom. The van der Waals surface area contributed by atoms with E-state index >= 15 is 0 Å². The van der Waals surface area contributed by atoms with Crippen molar-refractivity contribution in [1.82, 2.24) is 9.62 Å². The molecule has 2 N–H and O–H groups in total. The third-order valence-electron chi connectivity index (χ3n) is 5.61. The summed E-state index contributed by atoms with van der Waals surface area (Å²) in [5.41, 5.74) is 2.03. The Bertz CT molecular complexity index is 824. The minimum absolute atomic E-state index is 0.0732. The Morgan fingerprint density at radius 3 is 2.55 bits per heavy atom. The Hall–Kier alpha value is -1.53. The molecule has 0 spiro atoms. The predicted molar refractivity (Wildman–Crippen MR) is 121 cm³/mol. The molecule has 1 amide bonds. The molecule has 29 heavy (non-hydrogen) atoms. The molecule has 1 aliphatic heterocycles. The molecule has 156 valence electrons. The maximum Gasteiger partial charge on any atom is 0.276 e. The minimum Gasteiger partial charge on any atom is -0.341 e. The molecule has 2 aromatic rings. The van der Waals surface area contributed by atoms with Crippen molar-refractivity contribution in [1.29, 1.82) is 0 Å². The van der Waals surface area contributed by atoms with Gasteiger partial charge in [-0.1, -0.05) is 59.6 Å². The van der Waals surface area contributed by atoms with Gasteiger partial charge in [0.2, 0.25) is 10.8 Å². The molecule has 0 aromatic heterocycles. The van der Waals surface area contributed by atoms with E-state index in [1.165, 1.54) is 0 Å². The van der Waals surface area contributed by atoms with Gasteiger partial charge in [0, 0.05) is 23.7 Å². The van der Waals surface area contributed by atoms with Gasteiger partial charge < -0.3 is 4.90 Å². The first-order valence-corrected chi connectivity index (χ1v) is 11.8. The van der Waals surface area contributed by atoms with E-state index in [1.54, 1.807) is 0 Å². The van der Waals surface area contributed by atoms with Crippen LogP contribution in [0.4, 0.5) is 0 Å². The molecular formula is C23H30ClN2O2S+. The van der Waals surface area contributed by atoms with Crippen LogP contribution >= 0.6 is 11.6 Å². The number of carbonyl (C=O) groups is 1. The highest BCUT2D eigenvalue weighted by Crippen LogP contribution is 2.22. The molecule has 2 atom stereocenters. The highest BCUT2D eigenvalue weighted by atomic mass is 35.5. The lowest BCUT2D eigenvalue weighted by molar-refractivity contribution is -0.134. The fourth-order valence-electron chi connectivity index (χ4n) is 3.65. The smallest absolute Gasteiger partial charge is 0.276 e. The van der Waals surface area contributed by atoms with Crippen molar-refractivity contribution in [3.05, 3.63) is 64.7 Å². The summed E-state index contributed by atoms with van der Waals surface area (Å²) < 4.78 is 14.1. The fraction of sp³-hybridized carbons (Fsp3) is 0.435. The van der Waals surface area contributed by atoms with Crippen molar-refractivity contribution < 1.29 is 9.35 Å². The maximum absolute atomic E-state index is 13.3. The summed E-state index contributed by atoms with van der Waals surface area (Å²) in [4.78, 5) is 16.1. The summed E-state index contributed by atoms with van der Waals surface area (Å²) in [6.07, 6.45) is 3.33. The number of halogens is 1. The van der Waals surface area contributed by atoms with Crippen molar-refractivity contribution in [2.75, 3.05) is 13.1 Å². The van der Waals surface area contributed by atoms with Crippen LogP contribution in [0.25, 0.3) is 0 Å². The van der Waals surface area contributed by atoms with Crippen LogP contribution in [0, 0.1) is 12.8 Å². The second-order valence-electron chi connectivity index (χ2n) is 7.86. The Kier molecular flexibility index (Phi) is 8.01. The van der Waals surface area contributed by atoms with Gasteiger partial charge in [0.25, 0.3) is 11.4 Å². The summed E-state index contributed by atoms with van der Waals surface area (Å²) in [7, 11) is 0. The summed E-state index contributed by atoms with van der Waals surface area (Å²) >= 11 is 5.11. The van der Waals surface area contributed by atoms with Crippen molar-refractivity contribution in [3.63, 3.8) is 0 Å². The van der Waals surface area contributed by atoms with Crippen LogP contribution in [0.5, 0.6) is 0 Å². The highest BCUT2D eigenvalue weighted by molar-refractivity contribution is 7.89. The van der Waals surface area contributed by atoms with Crippen LogP contribution < -0.4 is 4.72 Å². The normalized spacial score (nSPS) is 17.2. The second-order valence-corrected chi connectivity index (χ2v) is 9.51. The molecule has 0 bridgehead atoms. The van der Waals surface area contributed by atoms with Gasteiger partial charge in [-0.25, -0.2) is 0 Å². The molecular weight excluding hydrogens is 404 g/mol. The molecule has 1 fully saturated rings. The van der Waals surface area contributed by atoms with Gasteiger partial charge in [-0.15, -0.1) is 0 Å². The largest absolute Gasteiger partial charge is 0.341 e. The van der Waals surface area contributed by atoms with Crippen molar-refractivity contribution in [2.45, 2.75) is 50.5 Å². The number of nitrogens with one attached hydrogen (secondary N) is 1. The van der Waals surface area contributed by atoms with Gasteiger partial charge in [-0.2, -0.15) is 4.55 Å². The number of benzene rings is 2. The van der Waals surface area contributed by atoms with Crippen LogP contribution in [-0.2, 0) is 22.6 Å². The molecule has 6 heteroatoms. The number of piperidine rings is 1. The van der Waals surface area contributed by atoms with Crippen molar-refractivity contribution >= 4 is 28.9 Å². The molecule has 2 unspecified atom stereocenters. The average Bonchev–Trinajstić information content (AvgIpc) is 2.72. The van der Waals surface area contributed by atoms with Crippen LogP contribution in [0.2, 0.25) is 5.02 Å². The number of amides is 1. The summed E-state index contributed by atoms with van der Waals surface area (Å²) in [6, 6.07) is 15.0. The van der Waals surface area contributed by atoms with Gasteiger partial charge in [0.05, 0.1) is 0 Å².